The van der Waals surface area contributed by atoms with Crippen molar-refractivity contribution in [2.24, 2.45) is 0 Å². The quantitative estimate of drug-likeness (QED) is 0.883. The summed E-state index contributed by atoms with van der Waals surface area (Å²) in [5.41, 5.74) is 2.73. The summed E-state index contributed by atoms with van der Waals surface area (Å²) in [7, 11) is 1.64. The highest BCUT2D eigenvalue weighted by atomic mass is 35.5. The van der Waals surface area contributed by atoms with Gasteiger partial charge in [0.15, 0.2) is 0 Å². The molecule has 0 saturated heterocycles. The zero-order chi connectivity index (χ0) is 16.0. The van der Waals surface area contributed by atoms with Crippen LogP contribution in [0.2, 0.25) is 10.0 Å². The van der Waals surface area contributed by atoms with E-state index in [9.17, 15) is 9.90 Å². The number of nitrogens with zero attached hydrogens (tertiary/aromatic N) is 2. The van der Waals surface area contributed by atoms with Gasteiger partial charge in [0.25, 0.3) is 5.91 Å². The number of nitrogens with one attached hydrogen (secondary N) is 1. The summed E-state index contributed by atoms with van der Waals surface area (Å²) in [4.78, 5) is 14.0. The molecule has 0 fully saturated rings. The molecule has 116 valence electrons. The number of halogens is 2. The van der Waals surface area contributed by atoms with Crippen LogP contribution in [0.25, 0.3) is 0 Å². The zero-order valence-electron chi connectivity index (χ0n) is 12.1. The Balaban J connectivity index is 1.97. The third-order valence-electron chi connectivity index (χ3n) is 3.95. The number of likely N-dealkylation sites (N-methyl/N-ethyl adjacent to an activating group) is 1. The lowest BCUT2D eigenvalue weighted by molar-refractivity contribution is 0.0492. The summed E-state index contributed by atoms with van der Waals surface area (Å²) in [6.45, 7) is 1.82. The summed E-state index contributed by atoms with van der Waals surface area (Å²) >= 11 is 12.3. The second-order valence-electron chi connectivity index (χ2n) is 5.52. The molecule has 22 heavy (non-hydrogen) atoms. The fraction of sp³-hybridized carbons (Fsp3) is 0.333. The lowest BCUT2D eigenvalue weighted by Gasteiger charge is -2.27. The van der Waals surface area contributed by atoms with E-state index in [0.717, 1.165) is 16.8 Å². The van der Waals surface area contributed by atoms with Gasteiger partial charge in [0.2, 0.25) is 0 Å². The fourth-order valence-electron chi connectivity index (χ4n) is 2.93. The van der Waals surface area contributed by atoms with Gasteiger partial charge in [-0.2, -0.15) is 5.10 Å². The van der Waals surface area contributed by atoms with Gasteiger partial charge in [-0.05, 0) is 36.2 Å². The Bertz CT molecular complexity index is 744. The summed E-state index contributed by atoms with van der Waals surface area (Å²) in [5.74, 6) is -0.266. The Morgan fingerprint density at radius 3 is 2.77 bits per heavy atom. The molecule has 1 aromatic carbocycles. The van der Waals surface area contributed by atoms with Crippen LogP contribution in [0.15, 0.2) is 18.2 Å². The smallest absolute Gasteiger partial charge is 0.274 e. The summed E-state index contributed by atoms with van der Waals surface area (Å²) < 4.78 is 0. The van der Waals surface area contributed by atoms with Crippen molar-refractivity contribution in [1.82, 2.24) is 15.1 Å². The number of aromatic nitrogens is 2. The lowest BCUT2D eigenvalue weighted by Crippen LogP contribution is -2.36. The molecular weight excluding hydrogens is 325 g/mol. The van der Waals surface area contributed by atoms with E-state index in [1.165, 1.54) is 4.90 Å². The van der Waals surface area contributed by atoms with Crippen molar-refractivity contribution < 1.29 is 9.90 Å². The number of hydrogen-bond donors (Lipinski definition) is 2. The summed E-state index contributed by atoms with van der Waals surface area (Å²) in [5, 5.41) is 18.1. The van der Waals surface area contributed by atoms with Gasteiger partial charge in [0.05, 0.1) is 12.1 Å². The van der Waals surface area contributed by atoms with Crippen LogP contribution < -0.4 is 0 Å². The Morgan fingerprint density at radius 1 is 1.41 bits per heavy atom. The van der Waals surface area contributed by atoms with Gasteiger partial charge < -0.3 is 10.0 Å². The summed E-state index contributed by atoms with van der Waals surface area (Å²) in [6.07, 6.45) is -0.326. The number of aryl methyl sites for hydroxylation is 1. The van der Waals surface area contributed by atoms with Crippen molar-refractivity contribution in [2.45, 2.75) is 25.5 Å². The van der Waals surface area contributed by atoms with Crippen molar-refractivity contribution in [1.29, 1.82) is 0 Å². The van der Waals surface area contributed by atoms with Crippen LogP contribution in [0, 0.1) is 6.92 Å². The van der Waals surface area contributed by atoms with Gasteiger partial charge in [0, 0.05) is 29.2 Å². The van der Waals surface area contributed by atoms with E-state index in [0.29, 0.717) is 22.2 Å². The number of aliphatic hydroxyl groups excluding tert-OH is 1. The molecule has 1 amide bonds. The normalized spacial score (nSPS) is 20.0. The molecule has 1 aromatic heterocycles. The van der Waals surface area contributed by atoms with Gasteiger partial charge in [-0.1, -0.05) is 23.2 Å². The number of carbonyl (C=O) groups is 1. The van der Waals surface area contributed by atoms with E-state index < -0.39 is 12.1 Å². The van der Waals surface area contributed by atoms with Crippen molar-refractivity contribution in [3.63, 3.8) is 0 Å². The largest absolute Gasteiger partial charge is 0.390 e. The molecule has 7 heteroatoms. The van der Waals surface area contributed by atoms with Crippen molar-refractivity contribution in [2.75, 3.05) is 7.05 Å². The molecule has 0 bridgehead atoms. The molecule has 0 aliphatic heterocycles. The first kappa shape index (κ1) is 15.3. The predicted molar refractivity (Wildman–Crippen MR) is 84.3 cm³/mol. The molecule has 3 rings (SSSR count). The van der Waals surface area contributed by atoms with Gasteiger partial charge in [-0.25, -0.2) is 0 Å². The predicted octanol–water partition coefficient (Wildman–Crippen LogP) is 2.76. The van der Waals surface area contributed by atoms with Crippen molar-refractivity contribution in [3.8, 4) is 0 Å². The number of benzene rings is 1. The van der Waals surface area contributed by atoms with E-state index in [-0.39, 0.29) is 5.91 Å². The molecule has 2 N–H and O–H groups in total. The maximum absolute atomic E-state index is 12.5. The molecule has 1 heterocycles. The highest BCUT2D eigenvalue weighted by molar-refractivity contribution is 6.35. The molecular formula is C15H15Cl2N3O2. The van der Waals surface area contributed by atoms with Crippen molar-refractivity contribution >= 4 is 29.1 Å². The minimum absolute atomic E-state index is 0.266. The van der Waals surface area contributed by atoms with Crippen LogP contribution in [0.4, 0.5) is 0 Å². The van der Waals surface area contributed by atoms with Crippen LogP contribution in [0.5, 0.6) is 0 Å². The van der Waals surface area contributed by atoms with Crippen molar-refractivity contribution in [3.05, 3.63) is 50.8 Å². The van der Waals surface area contributed by atoms with Gasteiger partial charge in [0.1, 0.15) is 5.69 Å². The fourth-order valence-corrected chi connectivity index (χ4v) is 3.52. The zero-order valence-corrected chi connectivity index (χ0v) is 13.6. The molecule has 2 atom stereocenters. The first-order valence-corrected chi connectivity index (χ1v) is 7.59. The molecule has 0 spiro atoms. The van der Waals surface area contributed by atoms with Gasteiger partial charge >= 0.3 is 0 Å². The number of rotatable bonds is 2. The highest BCUT2D eigenvalue weighted by Crippen LogP contribution is 2.41. The molecule has 0 radical (unpaired) electrons. The number of carbonyl (C=O) groups excluding carboxylic acids is 1. The Morgan fingerprint density at radius 2 is 2.14 bits per heavy atom. The first-order chi connectivity index (χ1) is 10.4. The molecule has 2 aromatic rings. The van der Waals surface area contributed by atoms with E-state index >= 15 is 0 Å². The number of H-pyrrole nitrogens is 1. The standard InChI is InChI=1S/C15H15Cl2N3O2/c1-7-3-12(19-18-7)15(22)20(2)14-10-4-8(16)5-11(17)9(10)6-13(14)21/h3-5,13-14,21H,6H2,1-2H3,(H,18,19). The molecule has 2 unspecified atom stereocenters. The second kappa shape index (κ2) is 5.57. The van der Waals surface area contributed by atoms with E-state index in [1.807, 2.05) is 6.92 Å². The van der Waals surface area contributed by atoms with Crippen LogP contribution >= 0.6 is 23.2 Å². The maximum Gasteiger partial charge on any atom is 0.274 e. The monoisotopic (exact) mass is 339 g/mol. The van der Waals surface area contributed by atoms with Crippen LogP contribution in [0.1, 0.15) is 33.4 Å². The highest BCUT2D eigenvalue weighted by Gasteiger charge is 2.38. The number of aliphatic hydroxyl groups is 1. The molecule has 1 aliphatic rings. The molecule has 1 aliphatic carbocycles. The topological polar surface area (TPSA) is 69.2 Å². The Kier molecular flexibility index (Phi) is 3.89. The molecule has 5 nitrogen and oxygen atoms in total. The van der Waals surface area contributed by atoms with Crippen LogP contribution in [-0.2, 0) is 6.42 Å². The average Bonchev–Trinajstić information content (AvgIpc) is 3.01. The third-order valence-corrected chi connectivity index (χ3v) is 4.51. The van der Waals surface area contributed by atoms with Gasteiger partial charge in [-0.15, -0.1) is 0 Å². The average molecular weight is 340 g/mol. The van der Waals surface area contributed by atoms with Crippen LogP contribution in [0.3, 0.4) is 0 Å². The van der Waals surface area contributed by atoms with E-state index in [2.05, 4.69) is 10.2 Å². The minimum atomic E-state index is -0.722. The number of amides is 1. The van der Waals surface area contributed by atoms with E-state index in [4.69, 9.17) is 23.2 Å². The Hall–Kier alpha value is -1.56. The maximum atomic E-state index is 12.5. The SMILES string of the molecule is Cc1cc(C(=O)N(C)C2c3cc(Cl)cc(Cl)c3CC2O)n[nH]1. The third kappa shape index (κ3) is 2.49. The second-order valence-corrected chi connectivity index (χ2v) is 6.37. The first-order valence-electron chi connectivity index (χ1n) is 6.83. The number of fused-ring (bicyclic) bond motifs is 1. The van der Waals surface area contributed by atoms with Crippen LogP contribution in [-0.4, -0.2) is 39.3 Å². The Labute approximate surface area is 137 Å². The van der Waals surface area contributed by atoms with Gasteiger partial charge in [-0.3, -0.25) is 9.89 Å². The van der Waals surface area contributed by atoms with E-state index in [1.54, 1.807) is 25.2 Å². The number of aromatic amines is 1. The lowest BCUT2D eigenvalue weighted by atomic mass is 10.1. The minimum Gasteiger partial charge on any atom is -0.390 e. The summed E-state index contributed by atoms with van der Waals surface area (Å²) in [6, 6.07) is 4.58. The molecule has 0 saturated carbocycles. The number of hydrogen-bond acceptors (Lipinski definition) is 3.